The molecule has 1 fully saturated rings. The van der Waals surface area contributed by atoms with Crippen LogP contribution in [0.2, 0.25) is 0 Å². The Morgan fingerprint density at radius 1 is 1.36 bits per heavy atom. The van der Waals surface area contributed by atoms with Gasteiger partial charge in [0.25, 0.3) is 0 Å². The van der Waals surface area contributed by atoms with Crippen molar-refractivity contribution in [3.8, 4) is 0 Å². The fourth-order valence-corrected chi connectivity index (χ4v) is 2.33. The van der Waals surface area contributed by atoms with Crippen molar-refractivity contribution in [3.63, 3.8) is 0 Å². The van der Waals surface area contributed by atoms with Crippen molar-refractivity contribution in [1.82, 2.24) is 4.90 Å². The normalized spacial score (nSPS) is 28.1. The highest BCUT2D eigenvalue weighted by Gasteiger charge is 2.37. The van der Waals surface area contributed by atoms with Crippen molar-refractivity contribution >= 4 is 0 Å². The summed E-state index contributed by atoms with van der Waals surface area (Å²) < 4.78 is 0. The molecule has 1 aromatic rings. The largest absolute Gasteiger partial charge is 0.395 e. The molecule has 1 atom stereocenters. The average Bonchev–Trinajstić information content (AvgIpc) is 2.63. The number of hydrogen-bond donors (Lipinski definition) is 1. The molecule has 1 aromatic carbocycles. The number of benzene rings is 1. The Bertz CT molecular complexity index is 298. The molecule has 0 bridgehead atoms. The van der Waals surface area contributed by atoms with Gasteiger partial charge in [0.15, 0.2) is 0 Å². The van der Waals surface area contributed by atoms with E-state index < -0.39 is 0 Å². The van der Waals surface area contributed by atoms with Gasteiger partial charge in [0.05, 0.1) is 6.61 Å². The van der Waals surface area contributed by atoms with Gasteiger partial charge in [-0.15, -0.1) is 0 Å². The maximum absolute atomic E-state index is 9.56. The molecule has 0 amide bonds. The zero-order valence-corrected chi connectivity index (χ0v) is 8.61. The maximum Gasteiger partial charge on any atom is 0.0540 e. The first kappa shape index (κ1) is 9.69. The summed E-state index contributed by atoms with van der Waals surface area (Å²) in [4.78, 5) is 2.28. The molecule has 2 heteroatoms. The molecule has 1 saturated heterocycles. The molecule has 1 heterocycles. The molecule has 0 unspecified atom stereocenters. The highest BCUT2D eigenvalue weighted by molar-refractivity contribution is 5.27. The van der Waals surface area contributed by atoms with E-state index in [2.05, 4.69) is 24.1 Å². The lowest BCUT2D eigenvalue weighted by Gasteiger charge is -2.27. The third kappa shape index (κ3) is 1.56. The molecule has 0 aliphatic carbocycles. The minimum Gasteiger partial charge on any atom is -0.395 e. The number of rotatable bonds is 2. The van der Waals surface area contributed by atoms with Gasteiger partial charge < -0.3 is 10.0 Å². The van der Waals surface area contributed by atoms with Gasteiger partial charge in [-0.2, -0.15) is 0 Å². The third-order valence-corrected chi connectivity index (χ3v) is 3.23. The second kappa shape index (κ2) is 3.71. The SMILES string of the molecule is CN1CC[C@@](CO)(c2ccccc2)C1. The summed E-state index contributed by atoms with van der Waals surface area (Å²) in [5, 5.41) is 9.56. The van der Waals surface area contributed by atoms with E-state index in [1.54, 1.807) is 0 Å². The molecule has 0 aromatic heterocycles. The summed E-state index contributed by atoms with van der Waals surface area (Å²) in [6.07, 6.45) is 1.06. The van der Waals surface area contributed by atoms with Gasteiger partial charge in [0, 0.05) is 12.0 Å². The van der Waals surface area contributed by atoms with Gasteiger partial charge >= 0.3 is 0 Å². The van der Waals surface area contributed by atoms with Gasteiger partial charge in [0.1, 0.15) is 0 Å². The van der Waals surface area contributed by atoms with Crippen molar-refractivity contribution in [2.24, 2.45) is 0 Å². The van der Waals surface area contributed by atoms with Crippen LogP contribution in [0, 0.1) is 0 Å². The molecule has 14 heavy (non-hydrogen) atoms. The van der Waals surface area contributed by atoms with Gasteiger partial charge in [-0.25, -0.2) is 0 Å². The molecular formula is C12H17NO. The van der Waals surface area contributed by atoms with E-state index in [4.69, 9.17) is 0 Å². The Morgan fingerprint density at radius 2 is 2.07 bits per heavy atom. The van der Waals surface area contributed by atoms with Crippen molar-refractivity contribution in [3.05, 3.63) is 35.9 Å². The Kier molecular flexibility index (Phi) is 2.57. The van der Waals surface area contributed by atoms with Crippen LogP contribution in [0.1, 0.15) is 12.0 Å². The third-order valence-electron chi connectivity index (χ3n) is 3.23. The Morgan fingerprint density at radius 3 is 2.57 bits per heavy atom. The number of likely N-dealkylation sites (N-methyl/N-ethyl adjacent to an activating group) is 1. The quantitative estimate of drug-likeness (QED) is 0.760. The predicted octanol–water partition coefficient (Wildman–Crippen LogP) is 1.25. The van der Waals surface area contributed by atoms with Crippen LogP contribution in [-0.4, -0.2) is 36.8 Å². The number of likely N-dealkylation sites (tertiary alicyclic amines) is 1. The van der Waals surface area contributed by atoms with Gasteiger partial charge in [0.2, 0.25) is 0 Å². The van der Waals surface area contributed by atoms with Crippen molar-refractivity contribution in [2.75, 3.05) is 26.7 Å². The lowest BCUT2D eigenvalue weighted by Crippen LogP contribution is -2.33. The van der Waals surface area contributed by atoms with Crippen LogP contribution < -0.4 is 0 Å². The van der Waals surface area contributed by atoms with Crippen molar-refractivity contribution < 1.29 is 5.11 Å². The first-order chi connectivity index (χ1) is 6.77. The summed E-state index contributed by atoms with van der Waals surface area (Å²) in [5.74, 6) is 0. The van der Waals surface area contributed by atoms with E-state index in [9.17, 15) is 5.11 Å². The number of aliphatic hydroxyl groups is 1. The second-order valence-corrected chi connectivity index (χ2v) is 4.29. The minimum atomic E-state index is -0.0178. The lowest BCUT2D eigenvalue weighted by atomic mass is 9.80. The molecule has 2 rings (SSSR count). The summed E-state index contributed by atoms with van der Waals surface area (Å²) in [7, 11) is 2.11. The molecule has 76 valence electrons. The molecule has 2 nitrogen and oxygen atoms in total. The van der Waals surface area contributed by atoms with Gasteiger partial charge in [-0.1, -0.05) is 30.3 Å². The van der Waals surface area contributed by atoms with Crippen LogP contribution in [-0.2, 0) is 5.41 Å². The molecule has 1 aliphatic rings. The Balaban J connectivity index is 2.30. The van der Waals surface area contributed by atoms with E-state index >= 15 is 0 Å². The molecule has 0 radical (unpaired) electrons. The fraction of sp³-hybridized carbons (Fsp3) is 0.500. The second-order valence-electron chi connectivity index (χ2n) is 4.29. The standard InChI is InChI=1S/C12H17NO/c1-13-8-7-12(9-13,10-14)11-5-3-2-4-6-11/h2-6,14H,7-10H2,1H3/t12-/m1/s1. The van der Waals surface area contributed by atoms with Crippen LogP contribution in [0.5, 0.6) is 0 Å². The molecule has 0 spiro atoms. The van der Waals surface area contributed by atoms with Crippen LogP contribution in [0.3, 0.4) is 0 Å². The summed E-state index contributed by atoms with van der Waals surface area (Å²) in [6, 6.07) is 10.4. The summed E-state index contributed by atoms with van der Waals surface area (Å²) >= 11 is 0. The van der Waals surface area contributed by atoms with E-state index in [-0.39, 0.29) is 12.0 Å². The molecule has 1 N–H and O–H groups in total. The van der Waals surface area contributed by atoms with Crippen LogP contribution >= 0.6 is 0 Å². The Hall–Kier alpha value is -0.860. The highest BCUT2D eigenvalue weighted by atomic mass is 16.3. The molecule has 0 saturated carbocycles. The van der Waals surface area contributed by atoms with Gasteiger partial charge in [-0.05, 0) is 25.6 Å². The first-order valence-electron chi connectivity index (χ1n) is 5.12. The van der Waals surface area contributed by atoms with Crippen molar-refractivity contribution in [2.45, 2.75) is 11.8 Å². The van der Waals surface area contributed by atoms with Gasteiger partial charge in [-0.3, -0.25) is 0 Å². The lowest BCUT2D eigenvalue weighted by molar-refractivity contribution is 0.195. The zero-order chi connectivity index (χ0) is 10.0. The first-order valence-corrected chi connectivity index (χ1v) is 5.12. The number of nitrogens with zero attached hydrogens (tertiary/aromatic N) is 1. The van der Waals surface area contributed by atoms with Crippen LogP contribution in [0.25, 0.3) is 0 Å². The smallest absolute Gasteiger partial charge is 0.0540 e. The number of aliphatic hydroxyl groups excluding tert-OH is 1. The number of hydrogen-bond acceptors (Lipinski definition) is 2. The topological polar surface area (TPSA) is 23.5 Å². The van der Waals surface area contributed by atoms with Crippen LogP contribution in [0.15, 0.2) is 30.3 Å². The molecule has 1 aliphatic heterocycles. The van der Waals surface area contributed by atoms with E-state index in [0.29, 0.717) is 0 Å². The van der Waals surface area contributed by atoms with E-state index in [1.807, 2.05) is 18.2 Å². The fourth-order valence-electron chi connectivity index (χ4n) is 2.33. The maximum atomic E-state index is 9.56. The van der Waals surface area contributed by atoms with Crippen molar-refractivity contribution in [1.29, 1.82) is 0 Å². The monoisotopic (exact) mass is 191 g/mol. The summed E-state index contributed by atoms with van der Waals surface area (Å²) in [6.45, 7) is 2.30. The van der Waals surface area contributed by atoms with E-state index in [0.717, 1.165) is 19.5 Å². The summed E-state index contributed by atoms with van der Waals surface area (Å²) in [5.41, 5.74) is 1.25. The van der Waals surface area contributed by atoms with Crippen LogP contribution in [0.4, 0.5) is 0 Å². The predicted molar refractivity (Wildman–Crippen MR) is 57.3 cm³/mol. The average molecular weight is 191 g/mol. The Labute approximate surface area is 85.2 Å². The minimum absolute atomic E-state index is 0.0178. The molecular weight excluding hydrogens is 174 g/mol. The van der Waals surface area contributed by atoms with E-state index in [1.165, 1.54) is 5.56 Å². The highest BCUT2D eigenvalue weighted by Crippen LogP contribution is 2.33. The zero-order valence-electron chi connectivity index (χ0n) is 8.61.